The van der Waals surface area contributed by atoms with Crippen LogP contribution in [0.4, 0.5) is 5.69 Å². The second-order valence-corrected chi connectivity index (χ2v) is 7.09. The van der Waals surface area contributed by atoms with Crippen LogP contribution in [0, 0.1) is 0 Å². The summed E-state index contributed by atoms with van der Waals surface area (Å²) in [6, 6.07) is 14.8. The average Bonchev–Trinajstić information content (AvgIpc) is 2.89. The van der Waals surface area contributed by atoms with Crippen molar-refractivity contribution >= 4 is 55.3 Å². The molecule has 0 saturated carbocycles. The lowest BCUT2D eigenvalue weighted by atomic mass is 10.1. The molecule has 0 fully saturated rings. The third-order valence-corrected chi connectivity index (χ3v) is 5.13. The summed E-state index contributed by atoms with van der Waals surface area (Å²) in [5.74, 6) is 0. The second-order valence-electron chi connectivity index (χ2n) is 4.69. The van der Waals surface area contributed by atoms with Crippen molar-refractivity contribution in [3.8, 4) is 0 Å². The first-order valence-electron chi connectivity index (χ1n) is 6.33. The number of anilines is 1. The van der Waals surface area contributed by atoms with Crippen LogP contribution in [-0.2, 0) is 0 Å². The molecule has 0 saturated heterocycles. The minimum absolute atomic E-state index is 0.225. The smallest absolute Gasteiger partial charge is 0.0931 e. The Kier molecular flexibility index (Phi) is 4.01. The summed E-state index contributed by atoms with van der Waals surface area (Å²) in [5, 5.41) is 8.10. The predicted molar refractivity (Wildman–Crippen MR) is 93.0 cm³/mol. The lowest BCUT2D eigenvalue weighted by molar-refractivity contribution is 0.893. The highest BCUT2D eigenvalue weighted by atomic mass is 79.9. The quantitative estimate of drug-likeness (QED) is 0.558. The first-order chi connectivity index (χ1) is 9.65. The first kappa shape index (κ1) is 13.9. The molecule has 1 atom stereocenters. The average molecular weight is 367 g/mol. The number of rotatable bonds is 3. The van der Waals surface area contributed by atoms with E-state index < -0.39 is 0 Å². The van der Waals surface area contributed by atoms with Gasteiger partial charge in [-0.15, -0.1) is 11.3 Å². The monoisotopic (exact) mass is 365 g/mol. The zero-order valence-corrected chi connectivity index (χ0v) is 14.0. The van der Waals surface area contributed by atoms with Gasteiger partial charge in [-0.25, -0.2) is 0 Å². The predicted octanol–water partition coefficient (Wildman–Crippen LogP) is 6.49. The third-order valence-electron chi connectivity index (χ3n) is 3.33. The molecule has 1 aromatic heterocycles. The van der Waals surface area contributed by atoms with E-state index in [1.165, 1.54) is 16.3 Å². The molecule has 1 unspecified atom stereocenters. The van der Waals surface area contributed by atoms with Gasteiger partial charge in [-0.1, -0.05) is 51.8 Å². The lowest BCUT2D eigenvalue weighted by Gasteiger charge is -2.16. The van der Waals surface area contributed by atoms with Crippen molar-refractivity contribution in [2.24, 2.45) is 0 Å². The van der Waals surface area contributed by atoms with Crippen molar-refractivity contribution in [3.05, 3.63) is 62.2 Å². The molecule has 20 heavy (non-hydrogen) atoms. The van der Waals surface area contributed by atoms with E-state index in [0.29, 0.717) is 0 Å². The van der Waals surface area contributed by atoms with Gasteiger partial charge >= 0.3 is 0 Å². The Balaban J connectivity index is 1.97. The summed E-state index contributed by atoms with van der Waals surface area (Å²) in [6.45, 7) is 2.15. The normalized spacial score (nSPS) is 12.6. The van der Waals surface area contributed by atoms with Crippen molar-refractivity contribution < 1.29 is 0 Å². The Hall–Kier alpha value is -1.03. The van der Waals surface area contributed by atoms with E-state index >= 15 is 0 Å². The minimum atomic E-state index is 0.225. The first-order valence-corrected chi connectivity index (χ1v) is 8.38. The number of benzene rings is 2. The summed E-state index contributed by atoms with van der Waals surface area (Å²) < 4.78 is 1.94. The SMILES string of the molecule is CC(Nc1ccc(Br)c2ccccc12)c1csc(Cl)c1. The fourth-order valence-electron chi connectivity index (χ4n) is 2.26. The number of hydrogen-bond donors (Lipinski definition) is 1. The van der Waals surface area contributed by atoms with Gasteiger partial charge < -0.3 is 5.32 Å². The molecule has 0 bridgehead atoms. The number of nitrogens with one attached hydrogen (secondary N) is 1. The maximum atomic E-state index is 6.01. The fourth-order valence-corrected chi connectivity index (χ4v) is 3.72. The summed E-state index contributed by atoms with van der Waals surface area (Å²) in [4.78, 5) is 0. The largest absolute Gasteiger partial charge is 0.378 e. The molecule has 2 aromatic carbocycles. The van der Waals surface area contributed by atoms with E-state index in [1.807, 2.05) is 6.07 Å². The second kappa shape index (κ2) is 5.76. The highest BCUT2D eigenvalue weighted by Gasteiger charge is 2.10. The van der Waals surface area contributed by atoms with E-state index in [-0.39, 0.29) is 6.04 Å². The molecule has 0 aliphatic rings. The van der Waals surface area contributed by atoms with Crippen LogP contribution in [-0.4, -0.2) is 0 Å². The summed E-state index contributed by atoms with van der Waals surface area (Å²) in [6.07, 6.45) is 0. The van der Waals surface area contributed by atoms with Crippen molar-refractivity contribution in [1.82, 2.24) is 0 Å². The summed E-state index contributed by atoms with van der Waals surface area (Å²) >= 11 is 11.2. The van der Waals surface area contributed by atoms with E-state index in [2.05, 4.69) is 69.9 Å². The molecular formula is C16H13BrClNS. The van der Waals surface area contributed by atoms with E-state index in [4.69, 9.17) is 11.6 Å². The van der Waals surface area contributed by atoms with Gasteiger partial charge in [-0.3, -0.25) is 0 Å². The number of hydrogen-bond acceptors (Lipinski definition) is 2. The molecule has 3 aromatic rings. The lowest BCUT2D eigenvalue weighted by Crippen LogP contribution is -2.05. The Morgan fingerprint density at radius 1 is 1.15 bits per heavy atom. The highest BCUT2D eigenvalue weighted by Crippen LogP contribution is 2.33. The minimum Gasteiger partial charge on any atom is -0.378 e. The van der Waals surface area contributed by atoms with Gasteiger partial charge in [0.1, 0.15) is 0 Å². The molecule has 102 valence electrons. The zero-order valence-electron chi connectivity index (χ0n) is 10.9. The van der Waals surface area contributed by atoms with Gasteiger partial charge in [0.05, 0.1) is 4.34 Å². The molecule has 0 spiro atoms. The Bertz CT molecular complexity index is 753. The molecule has 0 radical (unpaired) electrons. The van der Waals surface area contributed by atoms with Gasteiger partial charge in [-0.05, 0) is 41.5 Å². The van der Waals surface area contributed by atoms with Crippen molar-refractivity contribution in [1.29, 1.82) is 0 Å². The Labute approximate surface area is 135 Å². The van der Waals surface area contributed by atoms with Crippen molar-refractivity contribution in [2.75, 3.05) is 5.32 Å². The Morgan fingerprint density at radius 3 is 2.60 bits per heavy atom. The third kappa shape index (κ3) is 2.71. The zero-order chi connectivity index (χ0) is 14.1. The van der Waals surface area contributed by atoms with Crippen LogP contribution < -0.4 is 5.32 Å². The molecule has 1 heterocycles. The molecule has 0 amide bonds. The van der Waals surface area contributed by atoms with E-state index in [0.717, 1.165) is 14.5 Å². The maximum Gasteiger partial charge on any atom is 0.0931 e. The van der Waals surface area contributed by atoms with Crippen LogP contribution in [0.25, 0.3) is 10.8 Å². The summed E-state index contributed by atoms with van der Waals surface area (Å²) in [5.41, 5.74) is 2.35. The molecule has 4 heteroatoms. The topological polar surface area (TPSA) is 12.0 Å². The number of fused-ring (bicyclic) bond motifs is 1. The van der Waals surface area contributed by atoms with Gasteiger partial charge in [-0.2, -0.15) is 0 Å². The fraction of sp³-hybridized carbons (Fsp3) is 0.125. The van der Waals surface area contributed by atoms with Crippen LogP contribution >= 0.6 is 38.9 Å². The van der Waals surface area contributed by atoms with Crippen LogP contribution in [0.15, 0.2) is 52.3 Å². The van der Waals surface area contributed by atoms with E-state index in [9.17, 15) is 0 Å². The van der Waals surface area contributed by atoms with Crippen LogP contribution in [0.1, 0.15) is 18.5 Å². The van der Waals surface area contributed by atoms with Crippen molar-refractivity contribution in [3.63, 3.8) is 0 Å². The molecular weight excluding hydrogens is 354 g/mol. The highest BCUT2D eigenvalue weighted by molar-refractivity contribution is 9.10. The molecule has 3 rings (SSSR count). The van der Waals surface area contributed by atoms with Gasteiger partial charge in [0, 0.05) is 21.6 Å². The molecule has 0 aliphatic heterocycles. The van der Waals surface area contributed by atoms with Crippen LogP contribution in [0.5, 0.6) is 0 Å². The number of thiophene rings is 1. The van der Waals surface area contributed by atoms with Gasteiger partial charge in [0.15, 0.2) is 0 Å². The number of halogens is 2. The standard InChI is InChI=1S/C16H13BrClNS/c1-10(11-8-16(18)20-9-11)19-15-7-6-14(17)12-4-2-3-5-13(12)15/h2-10,19H,1H3. The molecule has 0 aliphatic carbocycles. The maximum absolute atomic E-state index is 6.01. The summed E-state index contributed by atoms with van der Waals surface area (Å²) in [7, 11) is 0. The van der Waals surface area contributed by atoms with E-state index in [1.54, 1.807) is 11.3 Å². The Morgan fingerprint density at radius 2 is 1.90 bits per heavy atom. The van der Waals surface area contributed by atoms with Crippen LogP contribution in [0.2, 0.25) is 4.34 Å². The molecule has 1 nitrogen and oxygen atoms in total. The van der Waals surface area contributed by atoms with Gasteiger partial charge in [0.25, 0.3) is 0 Å². The molecule has 1 N–H and O–H groups in total. The van der Waals surface area contributed by atoms with Crippen LogP contribution in [0.3, 0.4) is 0 Å². The van der Waals surface area contributed by atoms with Crippen molar-refractivity contribution in [2.45, 2.75) is 13.0 Å². The van der Waals surface area contributed by atoms with Gasteiger partial charge in [0.2, 0.25) is 0 Å².